The van der Waals surface area contributed by atoms with Crippen LogP contribution in [0, 0.1) is 0 Å². The molecule has 1 atom stereocenters. The molecule has 3 heterocycles. The number of nitrogens with zero attached hydrogens (tertiary/aromatic N) is 3. The highest BCUT2D eigenvalue weighted by Crippen LogP contribution is 2.18. The molecule has 0 aliphatic heterocycles. The molecule has 0 aliphatic rings. The van der Waals surface area contributed by atoms with E-state index in [-0.39, 0.29) is 6.04 Å². The van der Waals surface area contributed by atoms with Gasteiger partial charge in [0.15, 0.2) is 4.96 Å². The van der Waals surface area contributed by atoms with E-state index in [0.29, 0.717) is 0 Å². The van der Waals surface area contributed by atoms with Gasteiger partial charge in [0.25, 0.3) is 0 Å². The minimum absolute atomic E-state index is 0.223. The van der Waals surface area contributed by atoms with Crippen molar-refractivity contribution in [2.75, 3.05) is 6.54 Å². The summed E-state index contributed by atoms with van der Waals surface area (Å²) in [5, 5.41) is 5.62. The molecule has 104 valence electrons. The van der Waals surface area contributed by atoms with Crippen LogP contribution in [-0.2, 0) is 6.42 Å². The molecule has 5 heteroatoms. The van der Waals surface area contributed by atoms with Crippen LogP contribution in [0.25, 0.3) is 4.96 Å². The number of aromatic nitrogens is 3. The fourth-order valence-electron chi connectivity index (χ4n) is 2.27. The molecule has 3 aromatic heterocycles. The Kier molecular flexibility index (Phi) is 4.08. The normalized spacial score (nSPS) is 12.8. The summed E-state index contributed by atoms with van der Waals surface area (Å²) in [4.78, 5) is 10.2. The summed E-state index contributed by atoms with van der Waals surface area (Å²) in [5.41, 5.74) is 2.19. The highest BCUT2D eigenvalue weighted by molar-refractivity contribution is 7.15. The molecule has 1 N–H and O–H groups in total. The van der Waals surface area contributed by atoms with Crippen LogP contribution in [0.5, 0.6) is 0 Å². The van der Waals surface area contributed by atoms with E-state index in [2.05, 4.69) is 44.3 Å². The van der Waals surface area contributed by atoms with E-state index in [1.807, 2.05) is 24.5 Å². The van der Waals surface area contributed by atoms with Crippen molar-refractivity contribution in [1.82, 2.24) is 19.7 Å². The van der Waals surface area contributed by atoms with Crippen LogP contribution < -0.4 is 5.32 Å². The standard InChI is InChI=1S/C15H18N4S/c1-2-6-16-14(13-5-3-4-7-17-13)10-12-11-19-8-9-20-15(19)18-12/h3-5,7-9,11,14,16H,2,6,10H2,1H3. The first kappa shape index (κ1) is 13.3. The maximum Gasteiger partial charge on any atom is 0.193 e. The SMILES string of the molecule is CCCNC(Cc1cn2ccsc2n1)c1ccccn1. The Hall–Kier alpha value is -1.72. The summed E-state index contributed by atoms with van der Waals surface area (Å²) in [5.74, 6) is 0. The van der Waals surface area contributed by atoms with E-state index in [4.69, 9.17) is 0 Å². The summed E-state index contributed by atoms with van der Waals surface area (Å²) in [6.07, 6.45) is 7.98. The minimum Gasteiger partial charge on any atom is -0.308 e. The fourth-order valence-corrected chi connectivity index (χ4v) is 2.98. The van der Waals surface area contributed by atoms with Crippen LogP contribution in [0.4, 0.5) is 0 Å². The van der Waals surface area contributed by atoms with E-state index in [1.54, 1.807) is 11.3 Å². The first-order valence-corrected chi connectivity index (χ1v) is 7.80. The second-order valence-corrected chi connectivity index (χ2v) is 5.66. The van der Waals surface area contributed by atoms with E-state index in [0.717, 1.165) is 35.7 Å². The van der Waals surface area contributed by atoms with Crippen LogP contribution in [0.3, 0.4) is 0 Å². The number of rotatable bonds is 6. The summed E-state index contributed by atoms with van der Waals surface area (Å²) < 4.78 is 2.08. The zero-order valence-electron chi connectivity index (χ0n) is 11.5. The number of nitrogens with one attached hydrogen (secondary N) is 1. The Labute approximate surface area is 122 Å². The molecule has 4 nitrogen and oxygen atoms in total. The van der Waals surface area contributed by atoms with Gasteiger partial charge in [-0.15, -0.1) is 11.3 Å². The van der Waals surface area contributed by atoms with Crippen molar-refractivity contribution in [2.45, 2.75) is 25.8 Å². The van der Waals surface area contributed by atoms with Gasteiger partial charge in [0.1, 0.15) is 0 Å². The van der Waals surface area contributed by atoms with Gasteiger partial charge < -0.3 is 5.32 Å². The molecular formula is C15H18N4S. The van der Waals surface area contributed by atoms with Crippen LogP contribution in [0.1, 0.15) is 30.8 Å². The molecule has 20 heavy (non-hydrogen) atoms. The number of fused-ring (bicyclic) bond motifs is 1. The van der Waals surface area contributed by atoms with Crippen molar-refractivity contribution in [1.29, 1.82) is 0 Å². The Morgan fingerprint density at radius 1 is 1.40 bits per heavy atom. The third kappa shape index (κ3) is 2.89. The van der Waals surface area contributed by atoms with E-state index < -0.39 is 0 Å². The zero-order valence-corrected chi connectivity index (χ0v) is 12.3. The smallest absolute Gasteiger partial charge is 0.193 e. The Morgan fingerprint density at radius 3 is 3.10 bits per heavy atom. The van der Waals surface area contributed by atoms with Crippen LogP contribution >= 0.6 is 11.3 Å². The lowest BCUT2D eigenvalue weighted by Gasteiger charge is -2.16. The lowest BCUT2D eigenvalue weighted by Crippen LogP contribution is -2.25. The number of pyridine rings is 1. The summed E-state index contributed by atoms with van der Waals surface area (Å²) >= 11 is 1.66. The Balaban J connectivity index is 1.80. The predicted molar refractivity (Wildman–Crippen MR) is 82.0 cm³/mol. The van der Waals surface area contributed by atoms with Gasteiger partial charge in [-0.05, 0) is 25.1 Å². The third-order valence-electron chi connectivity index (χ3n) is 3.24. The van der Waals surface area contributed by atoms with Gasteiger partial charge in [-0.25, -0.2) is 4.98 Å². The molecule has 3 aromatic rings. The van der Waals surface area contributed by atoms with Crippen LogP contribution in [-0.4, -0.2) is 20.9 Å². The van der Waals surface area contributed by atoms with Crippen molar-refractivity contribution in [3.63, 3.8) is 0 Å². The molecule has 0 amide bonds. The first-order valence-electron chi connectivity index (χ1n) is 6.92. The number of imidazole rings is 1. The molecule has 0 radical (unpaired) electrons. The summed E-state index contributed by atoms with van der Waals surface area (Å²) in [7, 11) is 0. The van der Waals surface area contributed by atoms with Crippen LogP contribution in [0.2, 0.25) is 0 Å². The Morgan fingerprint density at radius 2 is 2.35 bits per heavy atom. The molecule has 0 saturated carbocycles. The molecule has 1 unspecified atom stereocenters. The summed E-state index contributed by atoms with van der Waals surface area (Å²) in [6.45, 7) is 3.17. The lowest BCUT2D eigenvalue weighted by atomic mass is 10.1. The van der Waals surface area contributed by atoms with Gasteiger partial charge in [0, 0.05) is 30.4 Å². The van der Waals surface area contributed by atoms with Crippen LogP contribution in [0.15, 0.2) is 42.2 Å². The third-order valence-corrected chi connectivity index (χ3v) is 4.01. The van der Waals surface area contributed by atoms with Crippen molar-refractivity contribution in [2.24, 2.45) is 0 Å². The second-order valence-electron chi connectivity index (χ2n) is 4.79. The van der Waals surface area contributed by atoms with E-state index in [9.17, 15) is 0 Å². The topological polar surface area (TPSA) is 42.2 Å². The average Bonchev–Trinajstić information content (AvgIpc) is 3.05. The molecular weight excluding hydrogens is 268 g/mol. The molecule has 0 aromatic carbocycles. The minimum atomic E-state index is 0.223. The van der Waals surface area contributed by atoms with Crippen molar-refractivity contribution in [3.8, 4) is 0 Å². The molecule has 3 rings (SSSR count). The number of thiazole rings is 1. The van der Waals surface area contributed by atoms with E-state index in [1.165, 1.54) is 0 Å². The number of hydrogen-bond acceptors (Lipinski definition) is 4. The van der Waals surface area contributed by atoms with Gasteiger partial charge >= 0.3 is 0 Å². The van der Waals surface area contributed by atoms with Crippen molar-refractivity contribution < 1.29 is 0 Å². The molecule has 0 fully saturated rings. The lowest BCUT2D eigenvalue weighted by molar-refractivity contribution is 0.514. The highest BCUT2D eigenvalue weighted by atomic mass is 32.1. The number of hydrogen-bond donors (Lipinski definition) is 1. The van der Waals surface area contributed by atoms with Gasteiger partial charge in [0.2, 0.25) is 0 Å². The second kappa shape index (κ2) is 6.15. The van der Waals surface area contributed by atoms with Gasteiger partial charge in [-0.2, -0.15) is 0 Å². The van der Waals surface area contributed by atoms with Gasteiger partial charge in [-0.3, -0.25) is 9.38 Å². The molecule has 0 bridgehead atoms. The largest absolute Gasteiger partial charge is 0.308 e. The van der Waals surface area contributed by atoms with E-state index >= 15 is 0 Å². The fraction of sp³-hybridized carbons (Fsp3) is 0.333. The Bertz CT molecular complexity index is 630. The van der Waals surface area contributed by atoms with Gasteiger partial charge in [-0.1, -0.05) is 13.0 Å². The summed E-state index contributed by atoms with van der Waals surface area (Å²) in [6, 6.07) is 6.29. The molecule has 0 spiro atoms. The quantitative estimate of drug-likeness (QED) is 0.757. The monoisotopic (exact) mass is 286 g/mol. The highest BCUT2D eigenvalue weighted by Gasteiger charge is 2.14. The van der Waals surface area contributed by atoms with Gasteiger partial charge in [0.05, 0.1) is 17.4 Å². The maximum atomic E-state index is 4.66. The maximum absolute atomic E-state index is 4.66. The zero-order chi connectivity index (χ0) is 13.8. The average molecular weight is 286 g/mol. The first-order chi connectivity index (χ1) is 9.86. The molecule has 0 aliphatic carbocycles. The molecule has 0 saturated heterocycles. The van der Waals surface area contributed by atoms with Crippen molar-refractivity contribution >= 4 is 16.3 Å². The van der Waals surface area contributed by atoms with Crippen molar-refractivity contribution in [3.05, 3.63) is 53.6 Å². The predicted octanol–water partition coefficient (Wildman–Crippen LogP) is 3.07.